The summed E-state index contributed by atoms with van der Waals surface area (Å²) in [6, 6.07) is 6.26. The summed E-state index contributed by atoms with van der Waals surface area (Å²) in [5.74, 6) is -0.216. The molecule has 1 saturated heterocycles. The number of carbonyl (C=O) groups is 1. The monoisotopic (exact) mass is 261 g/mol. The highest BCUT2D eigenvalue weighted by Crippen LogP contribution is 2.27. The van der Waals surface area contributed by atoms with E-state index in [0.29, 0.717) is 0 Å². The van der Waals surface area contributed by atoms with Gasteiger partial charge in [0.2, 0.25) is 5.91 Å². The van der Waals surface area contributed by atoms with Crippen LogP contribution in [0.1, 0.15) is 30.9 Å². The maximum Gasteiger partial charge on any atom is 0.240 e. The minimum atomic E-state index is -0.216. The van der Waals surface area contributed by atoms with E-state index in [1.807, 2.05) is 0 Å². The average molecular weight is 261 g/mol. The average Bonchev–Trinajstić information content (AvgIpc) is 2.86. The molecule has 1 unspecified atom stereocenters. The molecule has 0 saturated carbocycles. The molecule has 4 nitrogen and oxygen atoms in total. The van der Waals surface area contributed by atoms with Gasteiger partial charge in [0.25, 0.3) is 0 Å². The lowest BCUT2D eigenvalue weighted by Crippen LogP contribution is -2.40. The number of hydrogen-bond acceptors (Lipinski definition) is 3. The molecule has 1 amide bonds. The summed E-state index contributed by atoms with van der Waals surface area (Å²) in [6.07, 6.45) is 1.90. The zero-order valence-corrected chi connectivity index (χ0v) is 11.8. The zero-order chi connectivity index (χ0) is 13.8. The van der Waals surface area contributed by atoms with Gasteiger partial charge in [-0.25, -0.2) is 0 Å². The number of primary amides is 1. The highest BCUT2D eigenvalue weighted by molar-refractivity contribution is 5.84. The minimum Gasteiger partial charge on any atom is -0.368 e. The topological polar surface area (TPSA) is 58.4 Å². The first-order valence-electron chi connectivity index (χ1n) is 6.99. The summed E-state index contributed by atoms with van der Waals surface area (Å²) >= 11 is 0. The first kappa shape index (κ1) is 13.9. The number of hydrogen-bond donors (Lipinski definition) is 2. The smallest absolute Gasteiger partial charge is 0.240 e. The number of aryl methyl sites for hydroxylation is 1. The maximum absolute atomic E-state index is 11.4. The molecule has 1 aromatic rings. The third-order valence-electron chi connectivity index (χ3n) is 3.80. The van der Waals surface area contributed by atoms with Crippen molar-refractivity contribution >= 4 is 11.6 Å². The Morgan fingerprint density at radius 3 is 2.95 bits per heavy atom. The maximum atomic E-state index is 11.4. The Kier molecular flexibility index (Phi) is 4.43. The van der Waals surface area contributed by atoms with Gasteiger partial charge in [-0.3, -0.25) is 4.79 Å². The van der Waals surface area contributed by atoms with Gasteiger partial charge in [0, 0.05) is 18.8 Å². The Balaban J connectivity index is 2.17. The Labute approximate surface area is 115 Å². The van der Waals surface area contributed by atoms with Gasteiger partial charge in [0.15, 0.2) is 0 Å². The first-order chi connectivity index (χ1) is 9.13. The molecule has 0 radical (unpaired) electrons. The zero-order valence-electron chi connectivity index (χ0n) is 11.8. The molecule has 0 aliphatic carbocycles. The second-order valence-corrected chi connectivity index (χ2v) is 5.14. The van der Waals surface area contributed by atoms with Crippen molar-refractivity contribution in [3.05, 3.63) is 29.3 Å². The highest BCUT2D eigenvalue weighted by atomic mass is 16.1. The van der Waals surface area contributed by atoms with E-state index in [-0.39, 0.29) is 11.9 Å². The van der Waals surface area contributed by atoms with Gasteiger partial charge >= 0.3 is 0 Å². The number of anilines is 1. The predicted molar refractivity (Wildman–Crippen MR) is 78.1 cm³/mol. The molecule has 19 heavy (non-hydrogen) atoms. The lowest BCUT2D eigenvalue weighted by atomic mass is 10.1. The summed E-state index contributed by atoms with van der Waals surface area (Å²) in [5.41, 5.74) is 9.14. The van der Waals surface area contributed by atoms with Crippen molar-refractivity contribution in [1.82, 2.24) is 5.32 Å². The summed E-state index contributed by atoms with van der Waals surface area (Å²) in [4.78, 5) is 13.6. The van der Waals surface area contributed by atoms with Crippen LogP contribution in [0.15, 0.2) is 18.2 Å². The number of carbonyl (C=O) groups excluding carboxylic acids is 1. The number of amides is 1. The third-order valence-corrected chi connectivity index (χ3v) is 3.80. The van der Waals surface area contributed by atoms with Crippen LogP contribution in [0.4, 0.5) is 5.69 Å². The molecular formula is C15H23N3O. The quantitative estimate of drug-likeness (QED) is 0.845. The highest BCUT2D eigenvalue weighted by Gasteiger charge is 2.29. The van der Waals surface area contributed by atoms with Gasteiger partial charge in [-0.1, -0.05) is 13.0 Å². The summed E-state index contributed by atoms with van der Waals surface area (Å²) in [6.45, 7) is 7.00. The van der Waals surface area contributed by atoms with Crippen LogP contribution in [0.2, 0.25) is 0 Å². The molecule has 1 aromatic carbocycles. The molecule has 3 N–H and O–H groups in total. The summed E-state index contributed by atoms with van der Waals surface area (Å²) in [5, 5.41) is 3.33. The lowest BCUT2D eigenvalue weighted by molar-refractivity contribution is -0.119. The van der Waals surface area contributed by atoms with E-state index in [1.165, 1.54) is 11.1 Å². The largest absolute Gasteiger partial charge is 0.368 e. The van der Waals surface area contributed by atoms with E-state index in [9.17, 15) is 4.79 Å². The van der Waals surface area contributed by atoms with E-state index in [1.54, 1.807) is 0 Å². The van der Waals surface area contributed by atoms with Gasteiger partial charge < -0.3 is 16.0 Å². The van der Waals surface area contributed by atoms with E-state index in [4.69, 9.17) is 5.73 Å². The van der Waals surface area contributed by atoms with Crippen LogP contribution in [0.3, 0.4) is 0 Å². The Morgan fingerprint density at radius 2 is 2.32 bits per heavy atom. The molecule has 4 heteroatoms. The number of benzene rings is 1. The van der Waals surface area contributed by atoms with Gasteiger partial charge in [-0.2, -0.15) is 0 Å². The van der Waals surface area contributed by atoms with Crippen LogP contribution in [0.5, 0.6) is 0 Å². The molecule has 1 fully saturated rings. The summed E-state index contributed by atoms with van der Waals surface area (Å²) in [7, 11) is 0. The van der Waals surface area contributed by atoms with Gasteiger partial charge in [-0.15, -0.1) is 0 Å². The third kappa shape index (κ3) is 3.07. The standard InChI is InChI=1S/C15H23N3O/c1-3-17-10-12-6-7-13(9-11(12)2)18-8-4-5-14(18)15(16)19/h6-7,9,14,17H,3-5,8,10H2,1-2H3,(H2,16,19). The Morgan fingerprint density at radius 1 is 1.53 bits per heavy atom. The molecule has 0 aromatic heterocycles. The van der Waals surface area contributed by atoms with Gasteiger partial charge in [0.1, 0.15) is 6.04 Å². The summed E-state index contributed by atoms with van der Waals surface area (Å²) < 4.78 is 0. The van der Waals surface area contributed by atoms with Crippen LogP contribution >= 0.6 is 0 Å². The number of nitrogens with two attached hydrogens (primary N) is 1. The molecular weight excluding hydrogens is 238 g/mol. The van der Waals surface area contributed by atoms with Crippen LogP contribution in [0.25, 0.3) is 0 Å². The van der Waals surface area contributed by atoms with E-state index >= 15 is 0 Å². The van der Waals surface area contributed by atoms with Crippen molar-refractivity contribution in [3.8, 4) is 0 Å². The van der Waals surface area contributed by atoms with Crippen LogP contribution < -0.4 is 16.0 Å². The minimum absolute atomic E-state index is 0.140. The molecule has 0 spiro atoms. The number of rotatable bonds is 5. The molecule has 1 aliphatic heterocycles. The van der Waals surface area contributed by atoms with Crippen molar-refractivity contribution in [2.24, 2.45) is 5.73 Å². The van der Waals surface area contributed by atoms with Crippen molar-refractivity contribution in [3.63, 3.8) is 0 Å². The van der Waals surface area contributed by atoms with Crippen molar-refractivity contribution in [1.29, 1.82) is 0 Å². The first-order valence-corrected chi connectivity index (χ1v) is 6.99. The molecule has 104 valence electrons. The number of nitrogens with zero attached hydrogens (tertiary/aromatic N) is 1. The normalized spacial score (nSPS) is 18.8. The Bertz CT molecular complexity index is 459. The van der Waals surface area contributed by atoms with E-state index in [2.05, 4.69) is 42.3 Å². The van der Waals surface area contributed by atoms with Gasteiger partial charge in [0.05, 0.1) is 0 Å². The fraction of sp³-hybridized carbons (Fsp3) is 0.533. The van der Waals surface area contributed by atoms with Crippen LogP contribution in [0, 0.1) is 6.92 Å². The van der Waals surface area contributed by atoms with E-state index in [0.717, 1.165) is 38.2 Å². The molecule has 1 aliphatic rings. The van der Waals surface area contributed by atoms with Crippen LogP contribution in [-0.2, 0) is 11.3 Å². The Hall–Kier alpha value is -1.55. The lowest BCUT2D eigenvalue weighted by Gasteiger charge is -2.25. The van der Waals surface area contributed by atoms with Crippen molar-refractivity contribution in [2.75, 3.05) is 18.0 Å². The number of nitrogens with one attached hydrogen (secondary N) is 1. The van der Waals surface area contributed by atoms with Crippen molar-refractivity contribution in [2.45, 2.75) is 39.3 Å². The molecule has 1 atom stereocenters. The second kappa shape index (κ2) is 6.06. The van der Waals surface area contributed by atoms with E-state index < -0.39 is 0 Å². The molecule has 2 rings (SSSR count). The fourth-order valence-electron chi connectivity index (χ4n) is 2.69. The fourth-order valence-corrected chi connectivity index (χ4v) is 2.69. The second-order valence-electron chi connectivity index (χ2n) is 5.14. The SMILES string of the molecule is CCNCc1ccc(N2CCCC2C(N)=O)cc1C. The van der Waals surface area contributed by atoms with Crippen molar-refractivity contribution < 1.29 is 4.79 Å². The van der Waals surface area contributed by atoms with Gasteiger partial charge in [-0.05, 0) is 49.6 Å². The molecule has 1 heterocycles. The molecule has 0 bridgehead atoms. The van der Waals surface area contributed by atoms with Crippen LogP contribution in [-0.4, -0.2) is 25.0 Å². The predicted octanol–water partition coefficient (Wildman–Crippen LogP) is 1.56.